The second-order valence-electron chi connectivity index (χ2n) is 10.1. The topological polar surface area (TPSA) is 124 Å². The lowest BCUT2D eigenvalue weighted by molar-refractivity contribution is -0.123. The van der Waals surface area contributed by atoms with Crippen molar-refractivity contribution in [2.75, 3.05) is 31.6 Å². The number of pyridine rings is 1. The van der Waals surface area contributed by atoms with Crippen molar-refractivity contribution in [2.45, 2.75) is 37.4 Å². The number of carbonyl (C=O) groups excluding carboxylic acids is 2. The first-order chi connectivity index (χ1) is 19.3. The number of hydrogen-bond donors (Lipinski definition) is 1. The maximum atomic E-state index is 14.4. The number of hydrogen-bond acceptors (Lipinski definition) is 8. The molecule has 0 aliphatic carbocycles. The van der Waals surface area contributed by atoms with Gasteiger partial charge in [-0.15, -0.1) is 0 Å². The first-order valence-corrected chi connectivity index (χ1v) is 14.1. The SMILES string of the molecule is CC(C)(C)OC(=O)c1ccc(NC(=O)C(Oc2ccc(F)cc2F)c2ccc(S(=O)(=O)N3CCOCC3)cc2)nc1. The number of sulfonamides is 1. The van der Waals surface area contributed by atoms with Crippen LogP contribution in [-0.2, 0) is 24.3 Å². The molecule has 1 aliphatic heterocycles. The number of esters is 1. The third-order valence-corrected chi connectivity index (χ3v) is 7.73. The molecule has 218 valence electrons. The number of anilines is 1. The van der Waals surface area contributed by atoms with Crippen molar-refractivity contribution in [3.05, 3.63) is 83.6 Å². The molecule has 2 aromatic carbocycles. The second-order valence-corrected chi connectivity index (χ2v) is 12.0. The lowest BCUT2D eigenvalue weighted by Gasteiger charge is -2.26. The first-order valence-electron chi connectivity index (χ1n) is 12.6. The van der Waals surface area contributed by atoms with Gasteiger partial charge in [0.25, 0.3) is 5.91 Å². The Morgan fingerprint density at radius 3 is 2.29 bits per heavy atom. The molecule has 0 spiro atoms. The summed E-state index contributed by atoms with van der Waals surface area (Å²) in [5.74, 6) is -3.58. The van der Waals surface area contributed by atoms with Crippen molar-refractivity contribution in [1.29, 1.82) is 0 Å². The molecular weight excluding hydrogens is 560 g/mol. The summed E-state index contributed by atoms with van der Waals surface area (Å²) in [6.45, 7) is 6.15. The van der Waals surface area contributed by atoms with Crippen LogP contribution < -0.4 is 10.1 Å². The predicted octanol–water partition coefficient (Wildman–Crippen LogP) is 4.09. The highest BCUT2D eigenvalue weighted by Crippen LogP contribution is 2.28. The van der Waals surface area contributed by atoms with Crippen LogP contribution in [-0.4, -0.2) is 61.5 Å². The molecule has 1 fully saturated rings. The van der Waals surface area contributed by atoms with Crippen molar-refractivity contribution in [3.63, 3.8) is 0 Å². The fraction of sp³-hybridized carbons (Fsp3) is 0.321. The van der Waals surface area contributed by atoms with E-state index in [1.807, 2.05) is 0 Å². The zero-order valence-corrected chi connectivity index (χ0v) is 23.4. The Balaban J connectivity index is 1.58. The summed E-state index contributed by atoms with van der Waals surface area (Å²) in [5, 5.41) is 2.54. The average molecular weight is 590 g/mol. The van der Waals surface area contributed by atoms with Crippen molar-refractivity contribution >= 4 is 27.7 Å². The molecule has 41 heavy (non-hydrogen) atoms. The van der Waals surface area contributed by atoms with Crippen LogP contribution in [0.2, 0.25) is 0 Å². The van der Waals surface area contributed by atoms with Crippen LogP contribution in [0, 0.1) is 11.6 Å². The smallest absolute Gasteiger partial charge is 0.340 e. The third-order valence-electron chi connectivity index (χ3n) is 5.82. The number of ether oxygens (including phenoxy) is 3. The molecule has 3 aromatic rings. The van der Waals surface area contributed by atoms with E-state index in [1.165, 1.54) is 46.9 Å². The van der Waals surface area contributed by atoms with Gasteiger partial charge in [-0.05, 0) is 57.2 Å². The van der Waals surface area contributed by atoms with Gasteiger partial charge in [0.2, 0.25) is 16.1 Å². The Hall–Kier alpha value is -3.94. The molecule has 4 rings (SSSR count). The summed E-state index contributed by atoms with van der Waals surface area (Å²) in [4.78, 5) is 29.7. The highest BCUT2D eigenvalue weighted by Gasteiger charge is 2.29. The minimum Gasteiger partial charge on any atom is -0.473 e. The van der Waals surface area contributed by atoms with Gasteiger partial charge in [0.05, 0.1) is 23.7 Å². The van der Waals surface area contributed by atoms with E-state index in [2.05, 4.69) is 10.3 Å². The zero-order valence-electron chi connectivity index (χ0n) is 22.6. The summed E-state index contributed by atoms with van der Waals surface area (Å²) in [7, 11) is -3.80. The van der Waals surface area contributed by atoms with E-state index >= 15 is 0 Å². The number of nitrogens with zero attached hydrogens (tertiary/aromatic N) is 2. The molecule has 1 unspecified atom stereocenters. The van der Waals surface area contributed by atoms with Gasteiger partial charge < -0.3 is 19.5 Å². The molecule has 0 saturated carbocycles. The summed E-state index contributed by atoms with van der Waals surface area (Å²) >= 11 is 0. The number of nitrogens with one attached hydrogen (secondary N) is 1. The van der Waals surface area contributed by atoms with E-state index in [-0.39, 0.29) is 48.1 Å². The highest BCUT2D eigenvalue weighted by atomic mass is 32.2. The maximum Gasteiger partial charge on any atom is 0.340 e. The number of rotatable bonds is 8. The molecule has 1 N–H and O–H groups in total. The van der Waals surface area contributed by atoms with Crippen molar-refractivity contribution in [1.82, 2.24) is 9.29 Å². The Kier molecular flexibility index (Phi) is 9.00. The molecule has 1 amide bonds. The normalized spacial score (nSPS) is 15.1. The highest BCUT2D eigenvalue weighted by molar-refractivity contribution is 7.89. The van der Waals surface area contributed by atoms with E-state index in [4.69, 9.17) is 14.2 Å². The third kappa shape index (κ3) is 7.63. The van der Waals surface area contributed by atoms with Crippen LogP contribution in [0.5, 0.6) is 5.75 Å². The average Bonchev–Trinajstić information content (AvgIpc) is 2.92. The van der Waals surface area contributed by atoms with Gasteiger partial charge >= 0.3 is 5.97 Å². The summed E-state index contributed by atoms with van der Waals surface area (Å²) in [6.07, 6.45) is -0.257. The van der Waals surface area contributed by atoms with Crippen molar-refractivity contribution < 1.29 is 41.0 Å². The fourth-order valence-electron chi connectivity index (χ4n) is 3.84. The van der Waals surface area contributed by atoms with Gasteiger partial charge in [-0.25, -0.2) is 27.0 Å². The molecule has 1 saturated heterocycles. The predicted molar refractivity (Wildman–Crippen MR) is 144 cm³/mol. The van der Waals surface area contributed by atoms with E-state index in [1.54, 1.807) is 20.8 Å². The Bertz CT molecular complexity index is 1500. The molecule has 2 heterocycles. The Labute approximate surface area is 236 Å². The fourth-order valence-corrected chi connectivity index (χ4v) is 5.25. The molecule has 0 radical (unpaired) electrons. The van der Waals surface area contributed by atoms with Crippen LogP contribution in [0.4, 0.5) is 14.6 Å². The van der Waals surface area contributed by atoms with E-state index in [0.717, 1.165) is 12.1 Å². The molecule has 1 aliphatic rings. The van der Waals surface area contributed by atoms with Crippen LogP contribution in [0.25, 0.3) is 0 Å². The lowest BCUT2D eigenvalue weighted by atomic mass is 10.1. The Morgan fingerprint density at radius 1 is 1.02 bits per heavy atom. The summed E-state index contributed by atoms with van der Waals surface area (Å²) < 4.78 is 71.3. The monoisotopic (exact) mass is 589 g/mol. The molecule has 1 aromatic heterocycles. The molecule has 1 atom stereocenters. The quantitative estimate of drug-likeness (QED) is 0.390. The lowest BCUT2D eigenvalue weighted by Crippen LogP contribution is -2.40. The molecule has 10 nitrogen and oxygen atoms in total. The molecule has 0 bridgehead atoms. The largest absolute Gasteiger partial charge is 0.473 e. The van der Waals surface area contributed by atoms with E-state index < -0.39 is 51.0 Å². The second kappa shape index (κ2) is 12.3. The van der Waals surface area contributed by atoms with Gasteiger partial charge in [-0.3, -0.25) is 4.79 Å². The summed E-state index contributed by atoms with van der Waals surface area (Å²) in [6, 6.07) is 10.8. The number of aromatic nitrogens is 1. The van der Waals surface area contributed by atoms with E-state index in [9.17, 15) is 26.8 Å². The number of morpholine rings is 1. The molecular formula is C28H29F2N3O7S. The summed E-state index contributed by atoms with van der Waals surface area (Å²) in [5.41, 5.74) is -0.352. The Morgan fingerprint density at radius 2 is 1.71 bits per heavy atom. The maximum absolute atomic E-state index is 14.4. The minimum atomic E-state index is -3.80. The van der Waals surface area contributed by atoms with Crippen molar-refractivity contribution in [2.24, 2.45) is 0 Å². The minimum absolute atomic E-state index is 0.00494. The number of amides is 1. The van der Waals surface area contributed by atoms with Crippen molar-refractivity contribution in [3.8, 4) is 5.75 Å². The number of halogens is 2. The van der Waals surface area contributed by atoms with Crippen LogP contribution >= 0.6 is 0 Å². The first kappa shape index (κ1) is 30.0. The van der Waals surface area contributed by atoms with Crippen LogP contribution in [0.15, 0.2) is 65.7 Å². The number of carbonyl (C=O) groups is 2. The molecule has 13 heteroatoms. The van der Waals surface area contributed by atoms with Gasteiger partial charge in [-0.1, -0.05) is 12.1 Å². The standard InChI is InChI=1S/C28H29F2N3O7S/c1-28(2,3)40-27(35)19-6-11-24(31-17-19)32-26(34)25(39-23-10-7-20(29)16-22(23)30)18-4-8-21(9-5-18)41(36,37)33-12-14-38-15-13-33/h4-11,16-17,25H,12-15H2,1-3H3,(H,31,32,34). The van der Waals surface area contributed by atoms with Crippen LogP contribution in [0.3, 0.4) is 0 Å². The van der Waals surface area contributed by atoms with Crippen LogP contribution in [0.1, 0.15) is 42.8 Å². The zero-order chi connectivity index (χ0) is 29.8. The van der Waals surface area contributed by atoms with Gasteiger partial charge in [0.15, 0.2) is 11.6 Å². The van der Waals surface area contributed by atoms with E-state index in [0.29, 0.717) is 6.07 Å². The van der Waals surface area contributed by atoms with Gasteiger partial charge in [0.1, 0.15) is 17.2 Å². The van der Waals surface area contributed by atoms with Gasteiger partial charge in [0, 0.05) is 30.9 Å². The number of benzene rings is 2. The van der Waals surface area contributed by atoms with Gasteiger partial charge in [-0.2, -0.15) is 4.31 Å².